The van der Waals surface area contributed by atoms with Crippen LogP contribution in [0.3, 0.4) is 0 Å². The molecule has 172 valence electrons. The molecular weight excluding hydrogens is 450 g/mol. The van der Waals surface area contributed by atoms with Crippen molar-refractivity contribution < 1.29 is 17.9 Å². The molecule has 0 fully saturated rings. The highest BCUT2D eigenvalue weighted by atomic mass is 32.2. The lowest BCUT2D eigenvalue weighted by Crippen LogP contribution is -2.47. The van der Waals surface area contributed by atoms with Gasteiger partial charge in [-0.15, -0.1) is 0 Å². The Balaban J connectivity index is 1.95. The van der Waals surface area contributed by atoms with Gasteiger partial charge in [0.2, 0.25) is 15.9 Å². The van der Waals surface area contributed by atoms with Gasteiger partial charge >= 0.3 is 4.87 Å². The van der Waals surface area contributed by atoms with Crippen molar-refractivity contribution in [2.24, 2.45) is 0 Å². The first-order valence-corrected chi connectivity index (χ1v) is 12.8. The third-order valence-electron chi connectivity index (χ3n) is 5.03. The monoisotopic (exact) mass is 477 g/mol. The number of carbonyl (C=O) groups excluding carboxylic acids is 1. The molecule has 0 saturated heterocycles. The molecule has 0 bridgehead atoms. The fourth-order valence-electron chi connectivity index (χ4n) is 3.64. The maximum atomic E-state index is 13.2. The highest BCUT2D eigenvalue weighted by molar-refractivity contribution is 7.92. The van der Waals surface area contributed by atoms with Crippen LogP contribution in [0, 0.1) is 0 Å². The largest absolute Gasteiger partial charge is 0.497 e. The van der Waals surface area contributed by atoms with Crippen molar-refractivity contribution in [3.63, 3.8) is 0 Å². The van der Waals surface area contributed by atoms with Crippen molar-refractivity contribution in [2.75, 3.05) is 23.0 Å². The molecule has 1 atom stereocenters. The molecule has 2 aromatic carbocycles. The molecule has 0 aliphatic carbocycles. The number of nitrogens with one attached hydrogen (secondary N) is 1. The first kappa shape index (κ1) is 23.8. The molecule has 1 unspecified atom stereocenters. The van der Waals surface area contributed by atoms with Crippen molar-refractivity contribution in [1.82, 2.24) is 4.57 Å². The van der Waals surface area contributed by atoms with Crippen molar-refractivity contribution in [2.45, 2.75) is 39.3 Å². The van der Waals surface area contributed by atoms with Gasteiger partial charge in [-0.2, -0.15) is 0 Å². The van der Waals surface area contributed by atoms with Crippen molar-refractivity contribution in [3.8, 4) is 5.75 Å². The van der Waals surface area contributed by atoms with Crippen molar-refractivity contribution >= 4 is 48.9 Å². The van der Waals surface area contributed by atoms with Crippen LogP contribution in [0.5, 0.6) is 5.75 Å². The molecule has 0 aliphatic rings. The van der Waals surface area contributed by atoms with E-state index in [1.807, 2.05) is 13.8 Å². The zero-order chi connectivity index (χ0) is 23.6. The third-order valence-corrected chi connectivity index (χ3v) is 7.13. The summed E-state index contributed by atoms with van der Waals surface area (Å²) < 4.78 is 34.0. The van der Waals surface area contributed by atoms with Crippen LogP contribution < -0.4 is 19.2 Å². The van der Waals surface area contributed by atoms with Crippen LogP contribution in [0.4, 0.5) is 11.4 Å². The predicted octanol–water partition coefficient (Wildman–Crippen LogP) is 3.84. The molecule has 3 rings (SSSR count). The lowest BCUT2D eigenvalue weighted by Gasteiger charge is -2.30. The van der Waals surface area contributed by atoms with Crippen LogP contribution in [0.1, 0.15) is 33.2 Å². The number of benzene rings is 2. The van der Waals surface area contributed by atoms with Crippen LogP contribution in [0.25, 0.3) is 10.2 Å². The average molecular weight is 478 g/mol. The number of anilines is 2. The number of thiazole rings is 1. The Morgan fingerprint density at radius 3 is 2.53 bits per heavy atom. The Morgan fingerprint density at radius 1 is 1.22 bits per heavy atom. The Hall–Kier alpha value is -2.85. The van der Waals surface area contributed by atoms with Gasteiger partial charge in [0, 0.05) is 17.8 Å². The van der Waals surface area contributed by atoms with E-state index in [0.29, 0.717) is 17.1 Å². The van der Waals surface area contributed by atoms with E-state index in [4.69, 9.17) is 4.74 Å². The molecular formula is C22H27N3O5S2. The van der Waals surface area contributed by atoms with E-state index in [-0.39, 0.29) is 17.3 Å². The Labute approximate surface area is 191 Å². The zero-order valence-corrected chi connectivity index (χ0v) is 20.3. The van der Waals surface area contributed by atoms with Gasteiger partial charge in [-0.25, -0.2) is 8.42 Å². The Bertz CT molecular complexity index is 1290. The second kappa shape index (κ2) is 9.33. The number of sulfonamides is 1. The molecule has 0 saturated carbocycles. The highest BCUT2D eigenvalue weighted by Crippen LogP contribution is 2.28. The van der Waals surface area contributed by atoms with E-state index in [1.165, 1.54) is 7.11 Å². The Kier molecular flexibility index (Phi) is 6.94. The number of amides is 1. The van der Waals surface area contributed by atoms with E-state index in [0.717, 1.165) is 32.1 Å². The average Bonchev–Trinajstić information content (AvgIpc) is 3.05. The fourth-order valence-corrected chi connectivity index (χ4v) is 5.89. The number of aromatic nitrogens is 1. The molecule has 0 spiro atoms. The molecule has 1 heterocycles. The number of carbonyl (C=O) groups is 1. The quantitative estimate of drug-likeness (QED) is 0.532. The molecule has 1 N–H and O–H groups in total. The van der Waals surface area contributed by atoms with Gasteiger partial charge in [-0.3, -0.25) is 18.5 Å². The number of hydrogen-bond donors (Lipinski definition) is 1. The summed E-state index contributed by atoms with van der Waals surface area (Å²) in [6.45, 7) is 5.63. The summed E-state index contributed by atoms with van der Waals surface area (Å²) in [6.07, 6.45) is 1.33. The first-order chi connectivity index (χ1) is 15.1. The van der Waals surface area contributed by atoms with Gasteiger partial charge < -0.3 is 10.1 Å². The van der Waals surface area contributed by atoms with Crippen LogP contribution in [-0.4, -0.2) is 38.3 Å². The molecule has 1 aromatic heterocycles. The fraction of sp³-hybridized carbons (Fsp3) is 0.364. The number of hydrogen-bond acceptors (Lipinski definition) is 6. The molecule has 32 heavy (non-hydrogen) atoms. The van der Waals surface area contributed by atoms with Crippen LogP contribution in [0.2, 0.25) is 0 Å². The minimum absolute atomic E-state index is 0.0207. The van der Waals surface area contributed by atoms with Gasteiger partial charge in [-0.1, -0.05) is 24.3 Å². The van der Waals surface area contributed by atoms with E-state index in [1.54, 1.807) is 54.0 Å². The summed E-state index contributed by atoms with van der Waals surface area (Å²) in [5, 5.41) is 2.81. The van der Waals surface area contributed by atoms with E-state index in [2.05, 4.69) is 5.32 Å². The maximum Gasteiger partial charge on any atom is 0.308 e. The summed E-state index contributed by atoms with van der Waals surface area (Å²) in [4.78, 5) is 25.4. The van der Waals surface area contributed by atoms with E-state index in [9.17, 15) is 18.0 Å². The lowest BCUT2D eigenvalue weighted by molar-refractivity contribution is -0.117. The predicted molar refractivity (Wildman–Crippen MR) is 129 cm³/mol. The summed E-state index contributed by atoms with van der Waals surface area (Å²) >= 11 is 1.11. The van der Waals surface area contributed by atoms with Crippen LogP contribution in [-0.2, 0) is 14.8 Å². The topological polar surface area (TPSA) is 97.7 Å². The molecule has 0 aliphatic heterocycles. The van der Waals surface area contributed by atoms with Gasteiger partial charge in [0.25, 0.3) is 0 Å². The molecule has 3 aromatic rings. The summed E-state index contributed by atoms with van der Waals surface area (Å²) in [5.74, 6) is 0.0252. The number of fused-ring (bicyclic) bond motifs is 1. The minimum Gasteiger partial charge on any atom is -0.497 e. The standard InChI is InChI=1S/C22H27N3O5S2/c1-6-18(25(32(5,28)29)16-8-7-9-17(13-16)30-4)21(26)23-15-10-11-19-20(12-15)31-22(27)24(19)14(2)3/h7-14,18H,6H2,1-5H3,(H,23,26). The summed E-state index contributed by atoms with van der Waals surface area (Å²) in [6, 6.07) is 10.9. The highest BCUT2D eigenvalue weighted by Gasteiger charge is 2.32. The van der Waals surface area contributed by atoms with Crippen LogP contribution >= 0.6 is 11.3 Å². The van der Waals surface area contributed by atoms with Crippen molar-refractivity contribution in [1.29, 1.82) is 0 Å². The molecule has 0 radical (unpaired) electrons. The second-order valence-corrected chi connectivity index (χ2v) is 10.5. The third kappa shape index (κ3) is 4.81. The first-order valence-electron chi connectivity index (χ1n) is 10.2. The molecule has 8 nitrogen and oxygen atoms in total. The maximum absolute atomic E-state index is 13.2. The zero-order valence-electron chi connectivity index (χ0n) is 18.7. The number of ether oxygens (including phenoxy) is 1. The molecule has 1 amide bonds. The van der Waals surface area contributed by atoms with Gasteiger partial charge in [0.15, 0.2) is 0 Å². The van der Waals surface area contributed by atoms with Crippen LogP contribution in [0.15, 0.2) is 47.3 Å². The Morgan fingerprint density at radius 2 is 1.94 bits per heavy atom. The number of rotatable bonds is 8. The lowest BCUT2D eigenvalue weighted by atomic mass is 10.1. The number of nitrogens with zero attached hydrogens (tertiary/aromatic N) is 2. The summed E-state index contributed by atoms with van der Waals surface area (Å²) in [7, 11) is -2.27. The summed E-state index contributed by atoms with van der Waals surface area (Å²) in [5.41, 5.74) is 1.64. The van der Waals surface area contributed by atoms with Gasteiger partial charge in [0.05, 0.1) is 29.3 Å². The minimum atomic E-state index is -3.76. The second-order valence-electron chi connectivity index (χ2n) is 7.69. The number of methoxy groups -OCH3 is 1. The van der Waals surface area contributed by atoms with E-state index < -0.39 is 22.0 Å². The normalized spacial score (nSPS) is 12.7. The van der Waals surface area contributed by atoms with E-state index >= 15 is 0 Å². The van der Waals surface area contributed by atoms with Gasteiger partial charge in [0.1, 0.15) is 11.8 Å². The van der Waals surface area contributed by atoms with Crippen molar-refractivity contribution in [3.05, 3.63) is 52.1 Å². The van der Waals surface area contributed by atoms with Gasteiger partial charge in [-0.05, 0) is 50.6 Å². The smallest absolute Gasteiger partial charge is 0.308 e. The SMILES string of the molecule is CCC(C(=O)Nc1ccc2c(c1)sc(=O)n2C(C)C)N(c1cccc(OC)c1)S(C)(=O)=O. The molecule has 10 heteroatoms.